The van der Waals surface area contributed by atoms with Crippen LogP contribution >= 0.6 is 0 Å². The van der Waals surface area contributed by atoms with E-state index in [1.807, 2.05) is 60.7 Å². The summed E-state index contributed by atoms with van der Waals surface area (Å²) >= 11 is 0. The topological polar surface area (TPSA) is 233 Å². The standard InChI is InChI=1S/C36H32FN3O7S.C19H16FN3O5S.2CH4/c1-36(2,3)46-35(42)39-48(43,44)47-32-27-15-10-20-38-30(27)33(45-31(24-11-6-4-7-12-24)25-13-8-5-9-14-25)29-28(32)22-40(34(29)41)21-23-16-18-26(37)19-17-23;1-21-29(26,27)28-18-13-3-2-8-22-16(13)17(24)15-14(18)10-23(19(15)25)9-11-4-6-12(20)7-5-11;;/h4-20,31H,21-22H2,1-3H3,(H,39,42);2-8,21,24H,9-10H2,1H3;2*1H4. The highest BCUT2D eigenvalue weighted by Gasteiger charge is 2.40. The van der Waals surface area contributed by atoms with Crippen molar-refractivity contribution >= 4 is 60.3 Å². The second kappa shape index (κ2) is 23.5. The molecule has 0 atom stereocenters. The number of aromatic nitrogens is 2. The lowest BCUT2D eigenvalue weighted by Gasteiger charge is -2.23. The molecule has 0 spiro atoms. The number of hydrogen-bond donors (Lipinski definition) is 3. The molecule has 10 rings (SSSR count). The van der Waals surface area contributed by atoms with E-state index in [9.17, 15) is 45.1 Å². The number of hydrogen-bond acceptors (Lipinski definition) is 14. The average Bonchev–Trinajstić information content (AvgIpc) is 4.11. The van der Waals surface area contributed by atoms with E-state index in [1.165, 1.54) is 53.5 Å². The summed E-state index contributed by atoms with van der Waals surface area (Å²) in [6.07, 6.45) is 1.00. The number of pyridine rings is 2. The Morgan fingerprint density at radius 3 is 1.56 bits per heavy atom. The van der Waals surface area contributed by atoms with Gasteiger partial charge in [0.1, 0.15) is 34.4 Å². The summed E-state index contributed by atoms with van der Waals surface area (Å²) in [6.45, 7) is 4.93. The van der Waals surface area contributed by atoms with Crippen molar-refractivity contribution in [3.05, 3.63) is 202 Å². The van der Waals surface area contributed by atoms with Crippen molar-refractivity contribution in [3.8, 4) is 23.0 Å². The predicted molar refractivity (Wildman–Crippen MR) is 291 cm³/mol. The number of ether oxygens (including phenoxy) is 2. The van der Waals surface area contributed by atoms with Crippen LogP contribution in [0.25, 0.3) is 21.8 Å². The predicted octanol–water partition coefficient (Wildman–Crippen LogP) is 10.2. The van der Waals surface area contributed by atoms with Gasteiger partial charge in [-0.2, -0.15) is 26.3 Å². The molecule has 2 aromatic heterocycles. The molecule has 6 aromatic carbocycles. The van der Waals surface area contributed by atoms with Crippen LogP contribution in [0.3, 0.4) is 0 Å². The number of aromatic hydroxyl groups is 1. The number of rotatable bonds is 14. The summed E-state index contributed by atoms with van der Waals surface area (Å²) in [5.41, 5.74) is 2.66. The molecule has 79 heavy (non-hydrogen) atoms. The number of nitrogens with zero attached hydrogens (tertiary/aromatic N) is 4. The highest BCUT2D eigenvalue weighted by atomic mass is 32.2. The van der Waals surface area contributed by atoms with Crippen LogP contribution in [0.4, 0.5) is 13.6 Å². The SMILES string of the molecule is C.C.CC(C)(C)OC(=O)NS(=O)(=O)Oc1c2c(c(OC(c3ccccc3)c3ccccc3)c3ncccc13)C(=O)N(Cc1ccc(F)cc1)C2.CNS(=O)(=O)Oc1c2c(c(O)c3ncccc13)C(=O)N(Cc1ccc(F)cc1)C2. The number of benzene rings is 6. The van der Waals surface area contributed by atoms with Gasteiger partial charge in [-0.3, -0.25) is 19.6 Å². The summed E-state index contributed by atoms with van der Waals surface area (Å²) in [6, 6.07) is 36.6. The third kappa shape index (κ3) is 12.8. The molecule has 0 bridgehead atoms. The second-order valence-electron chi connectivity index (χ2n) is 18.6. The first-order valence-electron chi connectivity index (χ1n) is 23.7. The van der Waals surface area contributed by atoms with E-state index < -0.39 is 61.9 Å². The Labute approximate surface area is 456 Å². The van der Waals surface area contributed by atoms with Crippen LogP contribution in [0, 0.1) is 11.6 Å². The van der Waals surface area contributed by atoms with Crippen molar-refractivity contribution in [2.75, 3.05) is 7.05 Å². The van der Waals surface area contributed by atoms with Crippen molar-refractivity contribution in [2.45, 2.75) is 73.5 Å². The zero-order chi connectivity index (χ0) is 54.8. The summed E-state index contributed by atoms with van der Waals surface area (Å²) in [5.74, 6) is -2.25. The molecule has 8 aromatic rings. The number of amides is 3. The lowest BCUT2D eigenvalue weighted by Crippen LogP contribution is -2.38. The molecular formula is C57H56F2N6O12S2. The largest absolute Gasteiger partial charge is 0.505 e. The molecule has 3 N–H and O–H groups in total. The molecule has 3 amide bonds. The third-order valence-electron chi connectivity index (χ3n) is 12.1. The van der Waals surface area contributed by atoms with Crippen LogP contribution in [0.1, 0.15) is 95.8 Å². The number of nitrogens with one attached hydrogen (secondary N) is 2. The molecule has 0 unspecified atom stereocenters. The van der Waals surface area contributed by atoms with Crippen molar-refractivity contribution in [3.63, 3.8) is 0 Å². The average molecular weight is 1120 g/mol. The number of phenols is 1. The number of fused-ring (bicyclic) bond motifs is 4. The summed E-state index contributed by atoms with van der Waals surface area (Å²) in [4.78, 5) is 51.2. The number of carbonyl (C=O) groups excluding carboxylic acids is 3. The van der Waals surface area contributed by atoms with Gasteiger partial charge >= 0.3 is 26.7 Å². The number of phenolic OH excluding ortho intramolecular Hbond substituents is 1. The summed E-state index contributed by atoms with van der Waals surface area (Å²) < 4.78 is 104. The van der Waals surface area contributed by atoms with E-state index in [1.54, 1.807) is 74.0 Å². The Morgan fingerprint density at radius 2 is 1.08 bits per heavy atom. The minimum absolute atomic E-state index is 0. The van der Waals surface area contributed by atoms with Crippen LogP contribution in [0.15, 0.2) is 146 Å². The first-order chi connectivity index (χ1) is 36.7. The van der Waals surface area contributed by atoms with Gasteiger partial charge in [-0.05, 0) is 91.6 Å². The molecule has 412 valence electrons. The van der Waals surface area contributed by atoms with E-state index in [4.69, 9.17) is 17.8 Å². The molecule has 0 saturated heterocycles. The third-order valence-corrected chi connectivity index (χ3v) is 13.8. The van der Waals surface area contributed by atoms with Crippen LogP contribution in [-0.4, -0.2) is 72.3 Å². The fourth-order valence-corrected chi connectivity index (χ4v) is 9.97. The van der Waals surface area contributed by atoms with Crippen molar-refractivity contribution in [1.29, 1.82) is 0 Å². The van der Waals surface area contributed by atoms with Gasteiger partial charge in [0.25, 0.3) is 11.8 Å². The van der Waals surface area contributed by atoms with E-state index in [0.29, 0.717) is 11.1 Å². The van der Waals surface area contributed by atoms with Crippen LogP contribution in [0.2, 0.25) is 0 Å². The number of halogens is 2. The molecular weight excluding hydrogens is 1060 g/mol. The molecule has 22 heteroatoms. The lowest BCUT2D eigenvalue weighted by molar-refractivity contribution is 0.0566. The molecule has 2 aliphatic heterocycles. The van der Waals surface area contributed by atoms with E-state index in [2.05, 4.69) is 14.7 Å². The van der Waals surface area contributed by atoms with Gasteiger partial charge in [0.2, 0.25) is 0 Å². The van der Waals surface area contributed by atoms with Gasteiger partial charge in [0, 0.05) is 54.4 Å². The second-order valence-corrected chi connectivity index (χ2v) is 21.4. The molecule has 18 nitrogen and oxygen atoms in total. The fraction of sp³-hybridized carbons (Fsp3) is 0.211. The van der Waals surface area contributed by atoms with Gasteiger partial charge in [0.15, 0.2) is 23.0 Å². The maximum Gasteiger partial charge on any atom is 0.424 e. The molecule has 4 heterocycles. The fourth-order valence-electron chi connectivity index (χ4n) is 8.78. The van der Waals surface area contributed by atoms with Gasteiger partial charge in [0.05, 0.1) is 24.2 Å². The maximum atomic E-state index is 14.3. The smallest absolute Gasteiger partial charge is 0.424 e. The maximum absolute atomic E-state index is 14.3. The van der Waals surface area contributed by atoms with Gasteiger partial charge < -0.3 is 32.7 Å². The van der Waals surface area contributed by atoms with Gasteiger partial charge in [-0.25, -0.2) is 13.6 Å². The van der Waals surface area contributed by atoms with Crippen molar-refractivity contribution in [1.82, 2.24) is 29.2 Å². The van der Waals surface area contributed by atoms with Crippen LogP contribution < -0.4 is 22.5 Å². The Hall–Kier alpha value is -8.73. The molecule has 0 fully saturated rings. The summed E-state index contributed by atoms with van der Waals surface area (Å²) in [7, 11) is -7.74. The molecule has 0 saturated carbocycles. The van der Waals surface area contributed by atoms with Crippen molar-refractivity contribution in [2.24, 2.45) is 0 Å². The first kappa shape index (κ1) is 58.0. The van der Waals surface area contributed by atoms with E-state index in [-0.39, 0.29) is 108 Å². The van der Waals surface area contributed by atoms with Crippen molar-refractivity contribution < 1.29 is 62.9 Å². The Kier molecular flexibility index (Phi) is 17.2. The van der Waals surface area contributed by atoms with Crippen LogP contribution in [-0.2, 0) is 51.5 Å². The van der Waals surface area contributed by atoms with E-state index in [0.717, 1.165) is 11.1 Å². The zero-order valence-corrected chi connectivity index (χ0v) is 43.2. The molecule has 0 radical (unpaired) electrons. The Bertz CT molecular complexity index is 3760. The lowest BCUT2D eigenvalue weighted by atomic mass is 9.99. The monoisotopic (exact) mass is 1120 g/mol. The van der Waals surface area contributed by atoms with Gasteiger partial charge in [-0.15, -0.1) is 0 Å². The van der Waals surface area contributed by atoms with Gasteiger partial charge in [-0.1, -0.05) is 99.8 Å². The highest BCUT2D eigenvalue weighted by Crippen LogP contribution is 2.48. The van der Waals surface area contributed by atoms with Crippen LogP contribution in [0.5, 0.6) is 23.0 Å². The van der Waals surface area contributed by atoms with E-state index >= 15 is 0 Å². The zero-order valence-electron chi connectivity index (χ0n) is 41.6. The minimum Gasteiger partial charge on any atom is -0.505 e. The number of carbonyl (C=O) groups is 3. The molecule has 0 aliphatic carbocycles. The summed E-state index contributed by atoms with van der Waals surface area (Å²) in [5, 5.41) is 11.2. The minimum atomic E-state index is -4.80. The normalized spacial score (nSPS) is 12.9. The quantitative estimate of drug-likeness (QED) is 0.0920. The Balaban J connectivity index is 0.000000250. The first-order valence-corrected chi connectivity index (χ1v) is 26.5. The Morgan fingerprint density at radius 1 is 0.633 bits per heavy atom. The molecule has 2 aliphatic rings. The highest BCUT2D eigenvalue weighted by molar-refractivity contribution is 7.85.